The summed E-state index contributed by atoms with van der Waals surface area (Å²) in [4.78, 5) is 21.3. The summed E-state index contributed by atoms with van der Waals surface area (Å²) < 4.78 is 5.65. The molecule has 0 aliphatic carbocycles. The fourth-order valence-electron chi connectivity index (χ4n) is 3.40. The molecular weight excluding hydrogens is 342 g/mol. The van der Waals surface area contributed by atoms with Gasteiger partial charge in [-0.25, -0.2) is 4.79 Å². The number of benzene rings is 1. The largest absolute Gasteiger partial charge is 0.461 e. The van der Waals surface area contributed by atoms with E-state index >= 15 is 0 Å². The van der Waals surface area contributed by atoms with Gasteiger partial charge in [0.25, 0.3) is 0 Å². The van der Waals surface area contributed by atoms with Gasteiger partial charge < -0.3 is 10.1 Å². The summed E-state index contributed by atoms with van der Waals surface area (Å²) in [5.74, 6) is 2.35. The van der Waals surface area contributed by atoms with E-state index in [4.69, 9.17) is 14.5 Å². The van der Waals surface area contributed by atoms with Gasteiger partial charge in [-0.3, -0.25) is 4.89 Å². The lowest BCUT2D eigenvalue weighted by Crippen LogP contribution is -2.28. The highest BCUT2D eigenvalue weighted by molar-refractivity contribution is 5.66. The van der Waals surface area contributed by atoms with Crippen LogP contribution in [-0.4, -0.2) is 18.9 Å². The van der Waals surface area contributed by atoms with Crippen molar-refractivity contribution in [3.63, 3.8) is 0 Å². The third kappa shape index (κ3) is 9.14. The molecule has 0 heterocycles. The van der Waals surface area contributed by atoms with Gasteiger partial charge in [-0.2, -0.15) is 0 Å². The zero-order valence-corrected chi connectivity index (χ0v) is 17.8. The van der Waals surface area contributed by atoms with Crippen LogP contribution in [-0.2, 0) is 9.78 Å². The molecule has 1 unspecified atom stereocenters. The van der Waals surface area contributed by atoms with Gasteiger partial charge in [0.15, 0.2) is 0 Å². The van der Waals surface area contributed by atoms with Crippen molar-refractivity contribution in [2.75, 3.05) is 6.54 Å². The minimum absolute atomic E-state index is 0.511. The number of hydrogen-bond donors (Lipinski definition) is 1. The molecule has 1 rings (SSSR count). The number of carbonyl (C=O) groups is 1. The summed E-state index contributed by atoms with van der Waals surface area (Å²) in [6.45, 7) is 13.4. The maximum absolute atomic E-state index is 11.6. The van der Waals surface area contributed by atoms with Gasteiger partial charge in [-0.1, -0.05) is 66.0 Å². The zero-order valence-electron chi connectivity index (χ0n) is 17.8. The standard InChI is InChI=1S/C22H37NO4/c1-7-8-9-10-15-23-22(24)27-26-18(6)25-20-13-11-19(12-14-20)21(16(2)3)17(4)5/h11-14,16-18,21H,7-10,15H2,1-6H3,(H,23,24). The molecule has 1 N–H and O–H groups in total. The zero-order chi connectivity index (χ0) is 20.2. The van der Waals surface area contributed by atoms with Crippen molar-refractivity contribution < 1.29 is 19.3 Å². The molecule has 0 saturated carbocycles. The van der Waals surface area contributed by atoms with E-state index < -0.39 is 12.4 Å². The molecule has 5 nitrogen and oxygen atoms in total. The SMILES string of the molecule is CCCCCCNC(=O)OOC(C)Oc1ccc(C(C(C)C)C(C)C)cc1. The highest BCUT2D eigenvalue weighted by atomic mass is 17.2. The number of ether oxygens (including phenoxy) is 1. The summed E-state index contributed by atoms with van der Waals surface area (Å²) in [5, 5.41) is 2.66. The maximum atomic E-state index is 11.6. The molecule has 0 aromatic heterocycles. The van der Waals surface area contributed by atoms with Crippen molar-refractivity contribution in [3.05, 3.63) is 29.8 Å². The van der Waals surface area contributed by atoms with Crippen LogP contribution < -0.4 is 10.1 Å². The van der Waals surface area contributed by atoms with Gasteiger partial charge in [0, 0.05) is 13.5 Å². The van der Waals surface area contributed by atoms with Crippen LogP contribution in [0, 0.1) is 11.8 Å². The van der Waals surface area contributed by atoms with Crippen LogP contribution >= 0.6 is 0 Å². The molecule has 27 heavy (non-hydrogen) atoms. The first-order valence-electron chi connectivity index (χ1n) is 10.2. The molecule has 154 valence electrons. The van der Waals surface area contributed by atoms with E-state index in [0.29, 0.717) is 30.0 Å². The molecule has 0 spiro atoms. The van der Waals surface area contributed by atoms with Gasteiger partial charge in [0.05, 0.1) is 0 Å². The predicted octanol–water partition coefficient (Wildman–Crippen LogP) is 6.05. The van der Waals surface area contributed by atoms with Crippen LogP contribution in [0.15, 0.2) is 24.3 Å². The topological polar surface area (TPSA) is 56.8 Å². The van der Waals surface area contributed by atoms with Crippen molar-refractivity contribution in [3.8, 4) is 5.75 Å². The Kier molecular flexibility index (Phi) is 10.9. The van der Waals surface area contributed by atoms with Crippen LogP contribution in [0.2, 0.25) is 0 Å². The lowest BCUT2D eigenvalue weighted by molar-refractivity contribution is -0.312. The molecule has 1 aromatic rings. The Hall–Kier alpha value is -1.75. The van der Waals surface area contributed by atoms with Crippen LogP contribution in [0.25, 0.3) is 0 Å². The second-order valence-corrected chi connectivity index (χ2v) is 7.72. The van der Waals surface area contributed by atoms with E-state index in [2.05, 4.69) is 52.1 Å². The summed E-state index contributed by atoms with van der Waals surface area (Å²) in [6.07, 6.45) is 3.10. The van der Waals surface area contributed by atoms with Crippen LogP contribution in [0.3, 0.4) is 0 Å². The average Bonchev–Trinajstić information content (AvgIpc) is 2.61. The van der Waals surface area contributed by atoms with Crippen molar-refractivity contribution in [1.29, 1.82) is 0 Å². The first-order valence-corrected chi connectivity index (χ1v) is 10.2. The maximum Gasteiger partial charge on any atom is 0.438 e. The molecule has 0 aliphatic heterocycles. The molecule has 0 fully saturated rings. The van der Waals surface area contributed by atoms with E-state index in [1.165, 1.54) is 18.4 Å². The number of rotatable bonds is 12. The van der Waals surface area contributed by atoms with E-state index in [9.17, 15) is 4.79 Å². The van der Waals surface area contributed by atoms with Crippen molar-refractivity contribution >= 4 is 6.09 Å². The smallest absolute Gasteiger partial charge is 0.438 e. The third-order valence-electron chi connectivity index (χ3n) is 4.56. The number of unbranched alkanes of at least 4 members (excludes halogenated alkanes) is 3. The summed E-state index contributed by atoms with van der Waals surface area (Å²) in [7, 11) is 0. The van der Waals surface area contributed by atoms with E-state index in [1.54, 1.807) is 6.92 Å². The van der Waals surface area contributed by atoms with Crippen LogP contribution in [0.4, 0.5) is 4.79 Å². The third-order valence-corrected chi connectivity index (χ3v) is 4.56. The fraction of sp³-hybridized carbons (Fsp3) is 0.682. The Morgan fingerprint density at radius 1 is 0.963 bits per heavy atom. The normalized spacial score (nSPS) is 12.5. The van der Waals surface area contributed by atoms with E-state index in [-0.39, 0.29) is 0 Å². The molecule has 0 bridgehead atoms. The first kappa shape index (κ1) is 23.3. The van der Waals surface area contributed by atoms with Crippen molar-refractivity contribution in [2.24, 2.45) is 11.8 Å². The second kappa shape index (κ2) is 12.6. The predicted molar refractivity (Wildman–Crippen MR) is 109 cm³/mol. The lowest BCUT2D eigenvalue weighted by Gasteiger charge is -2.25. The minimum atomic E-state index is -0.687. The van der Waals surface area contributed by atoms with Gasteiger partial charge in [-0.15, -0.1) is 4.89 Å². The van der Waals surface area contributed by atoms with Crippen LogP contribution in [0.1, 0.15) is 78.7 Å². The Bertz CT molecular complexity index is 520. The van der Waals surface area contributed by atoms with Gasteiger partial charge in [0.1, 0.15) is 5.75 Å². The van der Waals surface area contributed by atoms with Gasteiger partial charge >= 0.3 is 6.09 Å². The Balaban J connectivity index is 2.37. The highest BCUT2D eigenvalue weighted by Gasteiger charge is 2.19. The monoisotopic (exact) mass is 379 g/mol. The van der Waals surface area contributed by atoms with E-state index in [0.717, 1.165) is 12.8 Å². The number of carbonyl (C=O) groups excluding carboxylic acids is 1. The van der Waals surface area contributed by atoms with Crippen molar-refractivity contribution in [2.45, 2.75) is 79.4 Å². The Morgan fingerprint density at radius 3 is 2.15 bits per heavy atom. The number of nitrogens with one attached hydrogen (secondary N) is 1. The van der Waals surface area contributed by atoms with Gasteiger partial charge in [-0.05, 0) is 41.9 Å². The molecule has 0 aliphatic rings. The number of hydrogen-bond acceptors (Lipinski definition) is 4. The Labute approximate surface area is 164 Å². The highest BCUT2D eigenvalue weighted by Crippen LogP contribution is 2.32. The van der Waals surface area contributed by atoms with E-state index in [1.807, 2.05) is 12.1 Å². The summed E-state index contributed by atoms with van der Waals surface area (Å²) >= 11 is 0. The first-order chi connectivity index (χ1) is 12.8. The van der Waals surface area contributed by atoms with Gasteiger partial charge in [0.2, 0.25) is 6.29 Å². The van der Waals surface area contributed by atoms with Crippen LogP contribution in [0.5, 0.6) is 5.75 Å². The minimum Gasteiger partial charge on any atom is -0.461 e. The molecule has 5 heteroatoms. The molecular formula is C22H37NO4. The quantitative estimate of drug-likeness (QED) is 0.208. The molecule has 1 aromatic carbocycles. The molecule has 1 amide bonds. The molecule has 0 radical (unpaired) electrons. The average molecular weight is 380 g/mol. The molecule has 1 atom stereocenters. The summed E-state index contributed by atoms with van der Waals surface area (Å²) in [6, 6.07) is 8.05. The number of amides is 1. The Morgan fingerprint density at radius 2 is 1.59 bits per heavy atom. The summed E-state index contributed by atoms with van der Waals surface area (Å²) in [5.41, 5.74) is 1.31. The van der Waals surface area contributed by atoms with Crippen molar-refractivity contribution in [1.82, 2.24) is 5.32 Å². The lowest BCUT2D eigenvalue weighted by atomic mass is 9.80. The fourth-order valence-corrected chi connectivity index (χ4v) is 3.40. The molecule has 0 saturated heterocycles. The second-order valence-electron chi connectivity index (χ2n) is 7.72.